The lowest BCUT2D eigenvalue weighted by Gasteiger charge is -2.43. The predicted molar refractivity (Wildman–Crippen MR) is 65.8 cm³/mol. The fraction of sp³-hybridized carbons (Fsp3) is 1.00. The zero-order valence-electron chi connectivity index (χ0n) is 9.86. The molecule has 1 heterocycles. The molecule has 0 aromatic heterocycles. The summed E-state index contributed by atoms with van der Waals surface area (Å²) in [5.41, 5.74) is 5.73. The lowest BCUT2D eigenvalue weighted by Crippen LogP contribution is -2.52. The molecule has 0 bridgehead atoms. The first-order valence-electron chi connectivity index (χ1n) is 5.65. The van der Waals surface area contributed by atoms with Crippen LogP contribution in [0.2, 0.25) is 0 Å². The fourth-order valence-corrected chi connectivity index (χ4v) is 3.18. The van der Waals surface area contributed by atoms with Crippen LogP contribution in [0.1, 0.15) is 27.7 Å². The van der Waals surface area contributed by atoms with Crippen molar-refractivity contribution in [1.29, 1.82) is 0 Å². The molecular weight excluding hydrogens is 192 g/mol. The highest BCUT2D eigenvalue weighted by Gasteiger charge is 2.30. The second kappa shape index (κ2) is 5.38. The van der Waals surface area contributed by atoms with Crippen LogP contribution in [0.25, 0.3) is 0 Å². The van der Waals surface area contributed by atoms with E-state index in [1.54, 1.807) is 0 Å². The first kappa shape index (κ1) is 12.3. The van der Waals surface area contributed by atoms with Gasteiger partial charge in [-0.15, -0.1) is 0 Å². The van der Waals surface area contributed by atoms with Crippen LogP contribution in [0.5, 0.6) is 0 Å². The molecule has 0 aromatic carbocycles. The average Bonchev–Trinajstić information content (AvgIpc) is 2.20. The van der Waals surface area contributed by atoms with Gasteiger partial charge >= 0.3 is 0 Å². The van der Waals surface area contributed by atoms with Crippen molar-refractivity contribution in [1.82, 2.24) is 4.90 Å². The SMILES string of the molecule is CC(CN)C(C)N1CCSC(C)C1C. The molecule has 0 aromatic rings. The lowest BCUT2D eigenvalue weighted by molar-refractivity contribution is 0.121. The van der Waals surface area contributed by atoms with Crippen molar-refractivity contribution in [3.63, 3.8) is 0 Å². The quantitative estimate of drug-likeness (QED) is 0.780. The van der Waals surface area contributed by atoms with Gasteiger partial charge in [0.25, 0.3) is 0 Å². The minimum Gasteiger partial charge on any atom is -0.330 e. The molecule has 3 heteroatoms. The molecule has 1 aliphatic heterocycles. The van der Waals surface area contributed by atoms with Crippen molar-refractivity contribution in [3.05, 3.63) is 0 Å². The molecule has 0 amide bonds. The molecule has 0 saturated carbocycles. The van der Waals surface area contributed by atoms with Crippen molar-refractivity contribution in [2.75, 3.05) is 18.8 Å². The van der Waals surface area contributed by atoms with Crippen molar-refractivity contribution in [2.24, 2.45) is 11.7 Å². The molecular formula is C11H24N2S. The third-order valence-electron chi connectivity index (χ3n) is 3.65. The third-order valence-corrected chi connectivity index (χ3v) is 4.99. The van der Waals surface area contributed by atoms with E-state index in [1.165, 1.54) is 12.3 Å². The summed E-state index contributed by atoms with van der Waals surface area (Å²) < 4.78 is 0. The number of rotatable bonds is 3. The highest BCUT2D eigenvalue weighted by atomic mass is 32.2. The second-order valence-corrected chi connectivity index (χ2v) is 5.99. The van der Waals surface area contributed by atoms with Gasteiger partial charge in [-0.3, -0.25) is 4.90 Å². The van der Waals surface area contributed by atoms with Crippen LogP contribution in [0, 0.1) is 5.92 Å². The zero-order chi connectivity index (χ0) is 10.7. The normalized spacial score (nSPS) is 34.1. The molecule has 14 heavy (non-hydrogen) atoms. The first-order valence-corrected chi connectivity index (χ1v) is 6.70. The Balaban J connectivity index is 2.57. The smallest absolute Gasteiger partial charge is 0.0187 e. The minimum absolute atomic E-state index is 0.604. The number of hydrogen-bond acceptors (Lipinski definition) is 3. The van der Waals surface area contributed by atoms with Crippen LogP contribution in [0.15, 0.2) is 0 Å². The summed E-state index contributed by atoms with van der Waals surface area (Å²) in [5.74, 6) is 1.88. The van der Waals surface area contributed by atoms with E-state index in [4.69, 9.17) is 5.73 Å². The van der Waals surface area contributed by atoms with Crippen molar-refractivity contribution in [2.45, 2.75) is 45.0 Å². The molecule has 1 saturated heterocycles. The Bertz CT molecular complexity index is 175. The summed E-state index contributed by atoms with van der Waals surface area (Å²) in [6, 6.07) is 1.32. The Labute approximate surface area is 92.6 Å². The summed E-state index contributed by atoms with van der Waals surface area (Å²) in [4.78, 5) is 2.62. The number of nitrogens with zero attached hydrogens (tertiary/aromatic N) is 1. The molecule has 4 unspecified atom stereocenters. The van der Waals surface area contributed by atoms with E-state index in [2.05, 4.69) is 44.4 Å². The number of hydrogen-bond donors (Lipinski definition) is 1. The monoisotopic (exact) mass is 216 g/mol. The third kappa shape index (κ3) is 2.65. The standard InChI is InChI=1S/C11H24N2S/c1-8(7-12)9(2)13-5-6-14-11(4)10(13)3/h8-11H,5-7,12H2,1-4H3. The van der Waals surface area contributed by atoms with Gasteiger partial charge in [-0.05, 0) is 26.3 Å². The molecule has 1 aliphatic rings. The Morgan fingerprint density at radius 3 is 2.64 bits per heavy atom. The van der Waals surface area contributed by atoms with E-state index < -0.39 is 0 Å². The van der Waals surface area contributed by atoms with Gasteiger partial charge < -0.3 is 5.73 Å². The molecule has 1 rings (SSSR count). The van der Waals surface area contributed by atoms with Crippen molar-refractivity contribution < 1.29 is 0 Å². The van der Waals surface area contributed by atoms with Crippen LogP contribution >= 0.6 is 11.8 Å². The van der Waals surface area contributed by atoms with Gasteiger partial charge in [-0.25, -0.2) is 0 Å². The number of nitrogens with two attached hydrogens (primary N) is 1. The first-order chi connectivity index (χ1) is 6.57. The topological polar surface area (TPSA) is 29.3 Å². The highest BCUT2D eigenvalue weighted by molar-refractivity contribution is 8.00. The fourth-order valence-electron chi connectivity index (χ4n) is 2.05. The molecule has 1 fully saturated rings. The van der Waals surface area contributed by atoms with E-state index >= 15 is 0 Å². The minimum atomic E-state index is 0.604. The molecule has 0 aliphatic carbocycles. The Kier molecular flexibility index (Phi) is 4.74. The Morgan fingerprint density at radius 1 is 1.43 bits per heavy atom. The van der Waals surface area contributed by atoms with Gasteiger partial charge in [0.05, 0.1) is 0 Å². The summed E-state index contributed by atoms with van der Waals surface area (Å²) in [6.45, 7) is 11.3. The van der Waals surface area contributed by atoms with Crippen molar-refractivity contribution >= 4 is 11.8 Å². The maximum Gasteiger partial charge on any atom is 0.0187 e. The molecule has 2 nitrogen and oxygen atoms in total. The zero-order valence-corrected chi connectivity index (χ0v) is 10.7. The second-order valence-electron chi connectivity index (χ2n) is 4.51. The van der Waals surface area contributed by atoms with E-state index in [0.717, 1.165) is 11.8 Å². The summed E-state index contributed by atoms with van der Waals surface area (Å²) in [5, 5.41) is 0.760. The van der Waals surface area contributed by atoms with Crippen molar-refractivity contribution in [3.8, 4) is 0 Å². The summed E-state index contributed by atoms with van der Waals surface area (Å²) in [6.07, 6.45) is 0. The predicted octanol–water partition coefficient (Wildman–Crippen LogP) is 1.80. The van der Waals surface area contributed by atoms with Gasteiger partial charge in [-0.1, -0.05) is 13.8 Å². The lowest BCUT2D eigenvalue weighted by atomic mass is 10.00. The van der Waals surface area contributed by atoms with Crippen LogP contribution in [0.3, 0.4) is 0 Å². The highest BCUT2D eigenvalue weighted by Crippen LogP contribution is 2.27. The molecule has 4 atom stereocenters. The van der Waals surface area contributed by atoms with E-state index in [9.17, 15) is 0 Å². The Hall–Kier alpha value is 0.270. The molecule has 0 spiro atoms. The average molecular weight is 216 g/mol. The van der Waals surface area contributed by atoms with Gasteiger partial charge in [-0.2, -0.15) is 11.8 Å². The van der Waals surface area contributed by atoms with E-state index in [0.29, 0.717) is 18.0 Å². The van der Waals surface area contributed by atoms with Gasteiger partial charge in [0.15, 0.2) is 0 Å². The molecule has 84 valence electrons. The van der Waals surface area contributed by atoms with Crippen LogP contribution in [-0.2, 0) is 0 Å². The van der Waals surface area contributed by atoms with Gasteiger partial charge in [0.2, 0.25) is 0 Å². The van der Waals surface area contributed by atoms with Crippen LogP contribution in [-0.4, -0.2) is 41.1 Å². The Morgan fingerprint density at radius 2 is 2.07 bits per heavy atom. The van der Waals surface area contributed by atoms with E-state index in [-0.39, 0.29) is 0 Å². The maximum atomic E-state index is 5.73. The summed E-state index contributed by atoms with van der Waals surface area (Å²) >= 11 is 2.09. The molecule has 0 radical (unpaired) electrons. The molecule has 2 N–H and O–H groups in total. The van der Waals surface area contributed by atoms with Crippen LogP contribution < -0.4 is 5.73 Å². The van der Waals surface area contributed by atoms with Gasteiger partial charge in [0, 0.05) is 29.6 Å². The van der Waals surface area contributed by atoms with E-state index in [1.807, 2.05) is 0 Å². The largest absolute Gasteiger partial charge is 0.330 e. The maximum absolute atomic E-state index is 5.73. The van der Waals surface area contributed by atoms with Crippen LogP contribution in [0.4, 0.5) is 0 Å². The summed E-state index contributed by atoms with van der Waals surface area (Å²) in [7, 11) is 0. The number of thioether (sulfide) groups is 1. The van der Waals surface area contributed by atoms with Gasteiger partial charge in [0.1, 0.15) is 0 Å².